The van der Waals surface area contributed by atoms with Gasteiger partial charge >= 0.3 is 6.09 Å². The molecule has 1 atom stereocenters. The molecule has 3 fully saturated rings. The van der Waals surface area contributed by atoms with Crippen LogP contribution >= 0.6 is 0 Å². The molecule has 140 valence electrons. The summed E-state index contributed by atoms with van der Waals surface area (Å²) in [6.07, 6.45) is -1.00. The zero-order chi connectivity index (χ0) is 18.5. The van der Waals surface area contributed by atoms with E-state index in [4.69, 9.17) is 4.74 Å². The number of carbonyl (C=O) groups excluding carboxylic acids is 2. The van der Waals surface area contributed by atoms with E-state index in [1.165, 1.54) is 17.9 Å². The standard InChI is InChI=1S/C17H20FN3O4S/c1-11(22)19-5-13-6-21(16(23)25-13)12-2-3-15(14(18)4-12)20-7-17(8-20)9-26(24)10-17/h2-4,13H,5-10H2,1H3,(H,19,22)/t13-/m0/s1. The Labute approximate surface area is 152 Å². The van der Waals surface area contributed by atoms with Gasteiger partial charge in [-0.15, -0.1) is 0 Å². The van der Waals surface area contributed by atoms with Crippen molar-refractivity contribution in [1.82, 2.24) is 5.32 Å². The van der Waals surface area contributed by atoms with Gasteiger partial charge in [-0.2, -0.15) is 0 Å². The normalized spacial score (nSPS) is 24.2. The van der Waals surface area contributed by atoms with Crippen LogP contribution in [0.4, 0.5) is 20.6 Å². The quantitative estimate of drug-likeness (QED) is 0.837. The summed E-state index contributed by atoms with van der Waals surface area (Å²) in [5, 5.41) is 2.61. The largest absolute Gasteiger partial charge is 0.442 e. The van der Waals surface area contributed by atoms with Crippen LogP contribution in [0.25, 0.3) is 0 Å². The lowest BCUT2D eigenvalue weighted by atomic mass is 9.82. The molecule has 0 saturated carbocycles. The number of carbonyl (C=O) groups is 2. The smallest absolute Gasteiger partial charge is 0.414 e. The number of nitrogens with zero attached hydrogens (tertiary/aromatic N) is 2. The van der Waals surface area contributed by atoms with Crippen molar-refractivity contribution in [2.45, 2.75) is 13.0 Å². The van der Waals surface area contributed by atoms with Gasteiger partial charge in [-0.1, -0.05) is 0 Å². The second-order valence-electron chi connectivity index (χ2n) is 7.27. The number of rotatable bonds is 4. The van der Waals surface area contributed by atoms with E-state index < -0.39 is 28.8 Å². The maximum absolute atomic E-state index is 14.6. The molecule has 0 bridgehead atoms. The van der Waals surface area contributed by atoms with E-state index in [2.05, 4.69) is 5.32 Å². The molecular formula is C17H20FN3O4S. The molecular weight excluding hydrogens is 361 g/mol. The number of cyclic esters (lactones) is 1. The van der Waals surface area contributed by atoms with Crippen LogP contribution in [0, 0.1) is 11.2 Å². The van der Waals surface area contributed by atoms with Gasteiger partial charge in [0.1, 0.15) is 11.9 Å². The second kappa shape index (κ2) is 6.22. The lowest BCUT2D eigenvalue weighted by Crippen LogP contribution is -2.67. The van der Waals surface area contributed by atoms with Crippen LogP contribution in [0.5, 0.6) is 0 Å². The second-order valence-corrected chi connectivity index (χ2v) is 8.73. The molecule has 1 spiro atoms. The minimum absolute atomic E-state index is 0.103. The summed E-state index contributed by atoms with van der Waals surface area (Å²) in [4.78, 5) is 26.3. The summed E-state index contributed by atoms with van der Waals surface area (Å²) in [6, 6.07) is 4.70. The van der Waals surface area contributed by atoms with Gasteiger partial charge in [-0.3, -0.25) is 13.9 Å². The number of ether oxygens (including phenoxy) is 1. The maximum Gasteiger partial charge on any atom is 0.414 e. The fourth-order valence-corrected chi connectivity index (χ4v) is 5.42. The third-order valence-corrected chi connectivity index (χ3v) is 6.89. The van der Waals surface area contributed by atoms with E-state index in [0.29, 0.717) is 22.9 Å². The van der Waals surface area contributed by atoms with Gasteiger partial charge in [0, 0.05) is 47.7 Å². The zero-order valence-corrected chi connectivity index (χ0v) is 15.2. The van der Waals surface area contributed by atoms with Gasteiger partial charge in [-0.05, 0) is 18.2 Å². The molecule has 0 radical (unpaired) electrons. The minimum atomic E-state index is -0.709. The molecule has 9 heteroatoms. The Kier molecular flexibility index (Phi) is 4.13. The molecule has 7 nitrogen and oxygen atoms in total. The van der Waals surface area contributed by atoms with Crippen molar-refractivity contribution in [2.24, 2.45) is 5.41 Å². The fourth-order valence-electron chi connectivity index (χ4n) is 3.77. The first kappa shape index (κ1) is 17.3. The Balaban J connectivity index is 1.41. The molecule has 1 N–H and O–H groups in total. The molecule has 1 aromatic rings. The zero-order valence-electron chi connectivity index (χ0n) is 14.4. The fraction of sp³-hybridized carbons (Fsp3) is 0.529. The summed E-state index contributed by atoms with van der Waals surface area (Å²) in [7, 11) is -0.709. The third-order valence-electron chi connectivity index (χ3n) is 5.02. The SMILES string of the molecule is CC(=O)NC[C@H]1CN(c2ccc(N3CC4(C3)CS(=O)C4)c(F)c2)C(=O)O1. The molecule has 3 aliphatic rings. The average Bonchev–Trinajstić information content (AvgIpc) is 2.89. The molecule has 3 aliphatic heterocycles. The summed E-state index contributed by atoms with van der Waals surface area (Å²) in [6.45, 7) is 3.33. The average molecular weight is 381 g/mol. The van der Waals surface area contributed by atoms with Gasteiger partial charge in [0.15, 0.2) is 0 Å². The number of hydrogen-bond donors (Lipinski definition) is 1. The van der Waals surface area contributed by atoms with Crippen LogP contribution in [0.1, 0.15) is 6.92 Å². The van der Waals surface area contributed by atoms with Crippen molar-refractivity contribution in [1.29, 1.82) is 0 Å². The molecule has 2 amide bonds. The highest BCUT2D eigenvalue weighted by Gasteiger charge is 2.52. The Morgan fingerprint density at radius 1 is 1.42 bits per heavy atom. The van der Waals surface area contributed by atoms with Gasteiger partial charge in [0.2, 0.25) is 5.91 Å². The maximum atomic E-state index is 14.6. The molecule has 26 heavy (non-hydrogen) atoms. The van der Waals surface area contributed by atoms with E-state index >= 15 is 0 Å². The number of benzene rings is 1. The summed E-state index contributed by atoms with van der Waals surface area (Å²) < 4.78 is 31.1. The van der Waals surface area contributed by atoms with Crippen molar-refractivity contribution in [2.75, 3.05) is 47.5 Å². The Morgan fingerprint density at radius 3 is 2.77 bits per heavy atom. The van der Waals surface area contributed by atoms with Crippen LogP contribution in [-0.4, -0.2) is 60.0 Å². The van der Waals surface area contributed by atoms with Crippen LogP contribution in [-0.2, 0) is 20.3 Å². The van der Waals surface area contributed by atoms with E-state index in [-0.39, 0.29) is 24.4 Å². The van der Waals surface area contributed by atoms with E-state index in [9.17, 15) is 18.2 Å². The van der Waals surface area contributed by atoms with Crippen molar-refractivity contribution >= 4 is 34.2 Å². The van der Waals surface area contributed by atoms with Gasteiger partial charge in [-0.25, -0.2) is 9.18 Å². The Morgan fingerprint density at radius 2 is 2.15 bits per heavy atom. The molecule has 0 aromatic heterocycles. The predicted molar refractivity (Wildman–Crippen MR) is 95.2 cm³/mol. The van der Waals surface area contributed by atoms with Crippen LogP contribution in [0.2, 0.25) is 0 Å². The van der Waals surface area contributed by atoms with Crippen molar-refractivity contribution < 1.29 is 22.9 Å². The van der Waals surface area contributed by atoms with Crippen LogP contribution in [0.3, 0.4) is 0 Å². The lowest BCUT2D eigenvalue weighted by Gasteiger charge is -2.55. The molecule has 3 saturated heterocycles. The highest BCUT2D eigenvalue weighted by Crippen LogP contribution is 2.43. The van der Waals surface area contributed by atoms with Crippen molar-refractivity contribution in [3.63, 3.8) is 0 Å². The summed E-state index contributed by atoms with van der Waals surface area (Å²) in [5.41, 5.74) is 1.03. The number of hydrogen-bond acceptors (Lipinski definition) is 5. The first-order chi connectivity index (χ1) is 12.3. The number of halogens is 1. The topological polar surface area (TPSA) is 79.0 Å². The van der Waals surface area contributed by atoms with E-state index in [1.54, 1.807) is 12.1 Å². The first-order valence-corrected chi connectivity index (χ1v) is 9.96. The first-order valence-electron chi connectivity index (χ1n) is 8.47. The predicted octanol–water partition coefficient (Wildman–Crippen LogP) is 0.856. The molecule has 3 heterocycles. The number of amides is 2. The lowest BCUT2D eigenvalue weighted by molar-refractivity contribution is -0.119. The van der Waals surface area contributed by atoms with Gasteiger partial charge < -0.3 is 15.0 Å². The van der Waals surface area contributed by atoms with E-state index in [1.807, 2.05) is 4.90 Å². The van der Waals surface area contributed by atoms with Crippen molar-refractivity contribution in [3.05, 3.63) is 24.0 Å². The van der Waals surface area contributed by atoms with E-state index in [0.717, 1.165) is 13.1 Å². The molecule has 1 aromatic carbocycles. The Bertz CT molecular complexity index is 786. The monoisotopic (exact) mass is 381 g/mol. The minimum Gasteiger partial charge on any atom is -0.442 e. The number of anilines is 2. The van der Waals surface area contributed by atoms with Gasteiger partial charge in [0.25, 0.3) is 0 Å². The molecule has 0 unspecified atom stereocenters. The van der Waals surface area contributed by atoms with Crippen LogP contribution in [0.15, 0.2) is 18.2 Å². The summed E-state index contributed by atoms with van der Waals surface area (Å²) >= 11 is 0. The highest BCUT2D eigenvalue weighted by atomic mass is 32.2. The molecule has 4 rings (SSSR count). The van der Waals surface area contributed by atoms with Gasteiger partial charge in [0.05, 0.1) is 24.5 Å². The highest BCUT2D eigenvalue weighted by molar-refractivity contribution is 7.86. The van der Waals surface area contributed by atoms with Crippen molar-refractivity contribution in [3.8, 4) is 0 Å². The Hall–Kier alpha value is -2.16. The third kappa shape index (κ3) is 3.04. The number of nitrogens with one attached hydrogen (secondary N) is 1. The molecule has 0 aliphatic carbocycles. The summed E-state index contributed by atoms with van der Waals surface area (Å²) in [5.74, 6) is 0.824. The van der Waals surface area contributed by atoms with Crippen LogP contribution < -0.4 is 15.1 Å².